The minimum Gasteiger partial charge on any atom is -0.274 e. The maximum absolute atomic E-state index is 13.1. The second-order valence-corrected chi connectivity index (χ2v) is 5.73. The third-order valence-corrected chi connectivity index (χ3v) is 4.01. The van der Waals surface area contributed by atoms with Crippen LogP contribution in [0.3, 0.4) is 0 Å². The third kappa shape index (κ3) is 3.24. The lowest BCUT2D eigenvalue weighted by Gasteiger charge is -2.25. The summed E-state index contributed by atoms with van der Waals surface area (Å²) >= 11 is 12.7. The lowest BCUT2D eigenvalue weighted by Crippen LogP contribution is -2.26. The molecule has 1 amide bonds. The van der Waals surface area contributed by atoms with Crippen molar-refractivity contribution in [2.45, 2.75) is 0 Å². The zero-order valence-electron chi connectivity index (χ0n) is 12.1. The first-order chi connectivity index (χ1) is 11.2. The van der Waals surface area contributed by atoms with Gasteiger partial charge in [0.2, 0.25) is 0 Å². The van der Waals surface area contributed by atoms with Crippen molar-refractivity contribution in [1.29, 1.82) is 0 Å². The topological polar surface area (TPSA) is 20.3 Å². The van der Waals surface area contributed by atoms with E-state index in [0.29, 0.717) is 27.0 Å². The predicted octanol–water partition coefficient (Wildman–Crippen LogP) is 5.97. The van der Waals surface area contributed by atoms with Gasteiger partial charge in [-0.15, -0.1) is 0 Å². The van der Waals surface area contributed by atoms with Gasteiger partial charge in [-0.25, -0.2) is 0 Å². The summed E-state index contributed by atoms with van der Waals surface area (Å²) < 4.78 is 0. The van der Waals surface area contributed by atoms with E-state index >= 15 is 0 Å². The Kier molecular flexibility index (Phi) is 4.65. The molecular weight excluding hydrogens is 329 g/mol. The Hall–Kier alpha value is -2.29. The molecule has 0 aliphatic heterocycles. The minimum absolute atomic E-state index is 0.188. The molecule has 0 aliphatic rings. The molecular formula is C19H13Cl2NO. The van der Waals surface area contributed by atoms with Crippen LogP contribution in [0.2, 0.25) is 10.0 Å². The summed E-state index contributed by atoms with van der Waals surface area (Å²) in [5.74, 6) is -0.188. The molecule has 114 valence electrons. The van der Waals surface area contributed by atoms with Gasteiger partial charge in [0.1, 0.15) is 0 Å². The molecule has 0 atom stereocenters. The van der Waals surface area contributed by atoms with E-state index in [1.54, 1.807) is 35.2 Å². The van der Waals surface area contributed by atoms with Crippen LogP contribution in [0.15, 0.2) is 78.9 Å². The molecule has 3 aromatic carbocycles. The molecule has 0 aliphatic carbocycles. The van der Waals surface area contributed by atoms with Gasteiger partial charge in [0.25, 0.3) is 5.91 Å². The molecule has 0 fully saturated rings. The van der Waals surface area contributed by atoms with Crippen LogP contribution in [0, 0.1) is 0 Å². The van der Waals surface area contributed by atoms with Crippen LogP contribution in [0.5, 0.6) is 0 Å². The van der Waals surface area contributed by atoms with Gasteiger partial charge in [-0.2, -0.15) is 0 Å². The van der Waals surface area contributed by atoms with Crippen molar-refractivity contribution in [3.8, 4) is 0 Å². The fourth-order valence-electron chi connectivity index (χ4n) is 2.34. The summed E-state index contributed by atoms with van der Waals surface area (Å²) in [6.07, 6.45) is 0. The molecule has 0 saturated heterocycles. The highest BCUT2D eigenvalue weighted by atomic mass is 35.5. The number of benzene rings is 3. The third-order valence-electron chi connectivity index (χ3n) is 3.40. The standard InChI is InChI=1S/C19H13Cl2NO/c20-16-12-7-13-17(21)18(16)22(15-10-5-2-6-11-15)19(23)14-8-3-1-4-9-14/h1-13H. The highest BCUT2D eigenvalue weighted by molar-refractivity contribution is 6.40. The summed E-state index contributed by atoms with van der Waals surface area (Å²) in [5, 5.41) is 0.844. The fraction of sp³-hybridized carbons (Fsp3) is 0. The van der Waals surface area contributed by atoms with Crippen LogP contribution in [-0.2, 0) is 0 Å². The van der Waals surface area contributed by atoms with Crippen LogP contribution in [-0.4, -0.2) is 5.91 Å². The van der Waals surface area contributed by atoms with Crippen molar-refractivity contribution in [1.82, 2.24) is 0 Å². The number of nitrogens with zero attached hydrogens (tertiary/aromatic N) is 1. The van der Waals surface area contributed by atoms with E-state index in [1.165, 1.54) is 0 Å². The average Bonchev–Trinajstić information content (AvgIpc) is 2.59. The maximum atomic E-state index is 13.1. The normalized spacial score (nSPS) is 10.3. The van der Waals surface area contributed by atoms with Crippen LogP contribution in [0.4, 0.5) is 11.4 Å². The largest absolute Gasteiger partial charge is 0.274 e. The smallest absolute Gasteiger partial charge is 0.262 e. The zero-order chi connectivity index (χ0) is 16.2. The molecule has 0 unspecified atom stereocenters. The van der Waals surface area contributed by atoms with Crippen molar-refractivity contribution < 1.29 is 4.79 Å². The molecule has 0 bridgehead atoms. The van der Waals surface area contributed by atoms with Crippen molar-refractivity contribution >= 4 is 40.5 Å². The van der Waals surface area contributed by atoms with Crippen molar-refractivity contribution in [3.63, 3.8) is 0 Å². The molecule has 0 aromatic heterocycles. The Balaban J connectivity index is 2.18. The summed E-state index contributed by atoms with van der Waals surface area (Å²) in [7, 11) is 0. The van der Waals surface area contributed by atoms with Crippen LogP contribution >= 0.6 is 23.2 Å². The van der Waals surface area contributed by atoms with Crippen molar-refractivity contribution in [2.24, 2.45) is 0 Å². The summed E-state index contributed by atoms with van der Waals surface area (Å²) in [6.45, 7) is 0. The van der Waals surface area contributed by atoms with Crippen molar-refractivity contribution in [2.75, 3.05) is 4.90 Å². The highest BCUT2D eigenvalue weighted by Gasteiger charge is 2.23. The van der Waals surface area contributed by atoms with E-state index in [9.17, 15) is 4.79 Å². The molecule has 3 aromatic rings. The SMILES string of the molecule is O=C(c1ccccc1)N(c1ccccc1)c1c(Cl)cccc1Cl. The first-order valence-corrected chi connectivity index (χ1v) is 7.82. The van der Waals surface area contributed by atoms with Gasteiger partial charge in [-0.1, -0.05) is 65.7 Å². The number of anilines is 2. The molecule has 4 heteroatoms. The number of hydrogen-bond donors (Lipinski definition) is 0. The lowest BCUT2D eigenvalue weighted by atomic mass is 10.1. The van der Waals surface area contributed by atoms with E-state index in [1.807, 2.05) is 48.5 Å². The first kappa shape index (κ1) is 15.6. The average molecular weight is 342 g/mol. The number of halogens is 2. The highest BCUT2D eigenvalue weighted by Crippen LogP contribution is 2.38. The molecule has 2 nitrogen and oxygen atoms in total. The lowest BCUT2D eigenvalue weighted by molar-refractivity contribution is 0.0999. The fourth-order valence-corrected chi connectivity index (χ4v) is 2.90. The second-order valence-electron chi connectivity index (χ2n) is 4.91. The molecule has 0 heterocycles. The van der Waals surface area contributed by atoms with Gasteiger partial charge in [0.05, 0.1) is 15.7 Å². The maximum Gasteiger partial charge on any atom is 0.262 e. The monoisotopic (exact) mass is 341 g/mol. The van der Waals surface area contributed by atoms with E-state index in [2.05, 4.69) is 0 Å². The zero-order valence-corrected chi connectivity index (χ0v) is 13.6. The Morgan fingerprint density at radius 3 is 1.78 bits per heavy atom. The Bertz CT molecular complexity index is 799. The molecule has 0 spiro atoms. The number of amides is 1. The van der Waals surface area contributed by atoms with Crippen LogP contribution < -0.4 is 4.90 Å². The number of para-hydroxylation sites is 2. The van der Waals surface area contributed by atoms with E-state index in [0.717, 1.165) is 0 Å². The molecule has 23 heavy (non-hydrogen) atoms. The number of hydrogen-bond acceptors (Lipinski definition) is 1. The summed E-state index contributed by atoms with van der Waals surface area (Å²) in [4.78, 5) is 14.6. The molecule has 0 saturated carbocycles. The van der Waals surface area contributed by atoms with Crippen LogP contribution in [0.1, 0.15) is 10.4 Å². The van der Waals surface area contributed by atoms with Gasteiger partial charge in [0.15, 0.2) is 0 Å². The van der Waals surface area contributed by atoms with E-state index in [4.69, 9.17) is 23.2 Å². The minimum atomic E-state index is -0.188. The van der Waals surface area contributed by atoms with Crippen LogP contribution in [0.25, 0.3) is 0 Å². The van der Waals surface area contributed by atoms with Gasteiger partial charge in [-0.05, 0) is 36.4 Å². The Morgan fingerprint density at radius 2 is 1.22 bits per heavy atom. The first-order valence-electron chi connectivity index (χ1n) is 7.07. The predicted molar refractivity (Wildman–Crippen MR) is 95.8 cm³/mol. The summed E-state index contributed by atoms with van der Waals surface area (Å²) in [6, 6.07) is 23.6. The number of carbonyl (C=O) groups is 1. The molecule has 0 N–H and O–H groups in total. The van der Waals surface area contributed by atoms with E-state index in [-0.39, 0.29) is 5.91 Å². The Morgan fingerprint density at radius 1 is 0.696 bits per heavy atom. The second kappa shape index (κ2) is 6.86. The number of carbonyl (C=O) groups excluding carboxylic acids is 1. The van der Waals surface area contributed by atoms with Gasteiger partial charge in [0, 0.05) is 11.3 Å². The molecule has 0 radical (unpaired) electrons. The Labute approximate surface area is 144 Å². The van der Waals surface area contributed by atoms with Gasteiger partial charge in [-0.3, -0.25) is 9.69 Å². The molecule has 3 rings (SSSR count). The van der Waals surface area contributed by atoms with Gasteiger partial charge < -0.3 is 0 Å². The van der Waals surface area contributed by atoms with Crippen molar-refractivity contribution in [3.05, 3.63) is 94.5 Å². The quantitative estimate of drug-likeness (QED) is 0.574. The van der Waals surface area contributed by atoms with Gasteiger partial charge >= 0.3 is 0 Å². The number of rotatable bonds is 3. The summed E-state index contributed by atoms with van der Waals surface area (Å²) in [5.41, 5.74) is 1.75. The van der Waals surface area contributed by atoms with E-state index < -0.39 is 0 Å².